The van der Waals surface area contributed by atoms with Gasteiger partial charge in [0.25, 0.3) is 29.5 Å². The van der Waals surface area contributed by atoms with E-state index in [1.807, 2.05) is 231 Å². The second-order valence-corrected chi connectivity index (χ2v) is 32.0. The zero-order valence-electron chi connectivity index (χ0n) is 72.8. The third-order valence-electron chi connectivity index (χ3n) is 22.7. The number of oxazole rings is 1. The van der Waals surface area contributed by atoms with Gasteiger partial charge in [0.15, 0.2) is 41.3 Å². The second kappa shape index (κ2) is 37.9. The molecule has 658 valence electrons. The van der Waals surface area contributed by atoms with Gasteiger partial charge in [-0.3, -0.25) is 49.5 Å². The average Bonchev–Trinajstić information content (AvgIpc) is 1.54. The number of fused-ring (bicyclic) bond motifs is 5. The maximum absolute atomic E-state index is 12.9. The van der Waals surface area contributed by atoms with E-state index in [2.05, 4.69) is 148 Å². The van der Waals surface area contributed by atoms with Crippen LogP contribution in [0.1, 0.15) is 94.1 Å². The lowest BCUT2D eigenvalue weighted by Crippen LogP contribution is -2.28. The molecule has 132 heavy (non-hydrogen) atoms. The number of H-pyrrole nitrogens is 10. The summed E-state index contributed by atoms with van der Waals surface area (Å²) in [6.07, 6.45) is 16.1. The van der Waals surface area contributed by atoms with E-state index >= 15 is 0 Å². The van der Waals surface area contributed by atoms with E-state index < -0.39 is 0 Å². The molecule has 0 spiro atoms. The molecule has 1 saturated heterocycles. The minimum atomic E-state index is -0.247. The zero-order chi connectivity index (χ0) is 90.9. The molecule has 13 heterocycles. The van der Waals surface area contributed by atoms with Gasteiger partial charge in [-0.2, -0.15) is 25.5 Å². The van der Waals surface area contributed by atoms with E-state index in [4.69, 9.17) is 4.42 Å². The summed E-state index contributed by atoms with van der Waals surface area (Å²) in [6.45, 7) is 15.6. The summed E-state index contributed by atoms with van der Waals surface area (Å²) >= 11 is 0. The third-order valence-corrected chi connectivity index (χ3v) is 22.7. The van der Waals surface area contributed by atoms with Crippen molar-refractivity contribution in [1.29, 1.82) is 0 Å². The van der Waals surface area contributed by atoms with Crippen LogP contribution in [-0.2, 0) is 4.79 Å². The van der Waals surface area contributed by atoms with Gasteiger partial charge in [-0.25, -0.2) is 29.9 Å². The molecule has 0 unspecified atom stereocenters. The molecule has 0 saturated carbocycles. The fourth-order valence-electron chi connectivity index (χ4n) is 16.0. The van der Waals surface area contributed by atoms with Gasteiger partial charge < -0.3 is 65.7 Å². The second-order valence-electron chi connectivity index (χ2n) is 32.0. The standard InChI is InChI=1S/C22H22N6O.C20H14N6O2.C20H19N5O.C19H17N5O.C17H18N6O/c1-14-12-15(28-10-4-5-11-28)8-9-16(14)22(29)26-19-13-23-27-20(19)21-24-17-6-2-3-7-18(17)25-21;27-20(13-7-5-12(6-8-13)17-10-21-11-28-17)25-16-9-22-26-18(16)19-23-14-3-1-2-4-15(14)24-19;1-11-8-12(2)17(13(3)9-11)20(26)24-16-10-21-25-18(16)19-22-14-6-4-5-7-15(14)23-19;1-11-6-5-7-12(2)16(11)19(25)23-15-10-20-24-17(15)18-21-13-8-3-4-9-14(13)22-18;1-23-8-6-11(7-9-23)17(24)21-14-10-18-22-15(14)16-19-12-4-2-3-5-13(12)20-16/h2-3,6-9,12-13H,4-5,10-11H2,1H3,(H,23,27)(H,24,25)(H,26,29);1-11H,(H,22,26)(H,23,24)(H,25,27);4-10H,1-3H3,(H,21,25)(H,22,23)(H,24,26);3-10H,1-2H3,(H,20,24)(H,21,22)(H,23,25);2-6,10H,7-9H2,1H3,(H,18,22)(H,19,20)(H,21,24). The number of para-hydroxylation sites is 10. The summed E-state index contributed by atoms with van der Waals surface area (Å²) < 4.78 is 5.26. The molecule has 34 nitrogen and oxygen atoms in total. The van der Waals surface area contributed by atoms with Crippen LogP contribution in [0, 0.1) is 41.5 Å². The van der Waals surface area contributed by atoms with Gasteiger partial charge >= 0.3 is 0 Å². The minimum absolute atomic E-state index is 0.0816. The average molecular weight is 1760 g/mol. The number of likely N-dealkylation sites (N-methyl/N-ethyl adjacent to an activating group) is 1. The van der Waals surface area contributed by atoms with Crippen LogP contribution in [0.15, 0.2) is 254 Å². The van der Waals surface area contributed by atoms with Gasteiger partial charge in [0, 0.05) is 65.3 Å². The highest BCUT2D eigenvalue weighted by molar-refractivity contribution is 6.11. The lowest BCUT2D eigenvalue weighted by atomic mass is 9.99. The summed E-state index contributed by atoms with van der Waals surface area (Å²) in [5.41, 5.74) is 26.4. The quantitative estimate of drug-likeness (QED) is 0.0402. The molecule has 1 fully saturated rings. The number of carbonyl (C=O) groups excluding carboxylic acids is 5. The van der Waals surface area contributed by atoms with Crippen molar-refractivity contribution in [3.8, 4) is 68.9 Å². The lowest BCUT2D eigenvalue weighted by Gasteiger charge is -2.21. The highest BCUT2D eigenvalue weighted by atomic mass is 16.3. The van der Waals surface area contributed by atoms with E-state index in [0.29, 0.717) is 114 Å². The van der Waals surface area contributed by atoms with E-state index in [1.165, 1.54) is 24.9 Å². The first-order chi connectivity index (χ1) is 64.3. The van der Waals surface area contributed by atoms with Crippen LogP contribution in [0.25, 0.3) is 124 Å². The monoisotopic (exact) mass is 1750 g/mol. The van der Waals surface area contributed by atoms with Crippen molar-refractivity contribution in [2.75, 3.05) is 64.7 Å². The number of nitrogens with zero attached hydrogens (tertiary/aromatic N) is 13. The first-order valence-electron chi connectivity index (χ1n) is 42.7. The first kappa shape index (κ1) is 85.2. The van der Waals surface area contributed by atoms with Gasteiger partial charge in [-0.15, -0.1) is 0 Å². The molecule has 0 bridgehead atoms. The van der Waals surface area contributed by atoms with E-state index in [0.717, 1.165) is 132 Å². The number of aromatic nitrogens is 21. The number of aryl methyl sites for hydroxylation is 6. The van der Waals surface area contributed by atoms with Crippen LogP contribution < -0.4 is 31.5 Å². The normalized spacial score (nSPS) is 12.4. The molecule has 9 aromatic carbocycles. The van der Waals surface area contributed by atoms with Gasteiger partial charge in [0.1, 0.15) is 28.5 Å². The largest absolute Gasteiger partial charge is 0.444 e. The zero-order valence-corrected chi connectivity index (χ0v) is 72.8. The molecule has 2 aliphatic heterocycles. The highest BCUT2D eigenvalue weighted by Crippen LogP contribution is 2.35. The molecule has 0 atom stereocenters. The van der Waals surface area contributed by atoms with E-state index in [9.17, 15) is 24.0 Å². The number of imidazole rings is 5. The Morgan fingerprint density at radius 2 is 0.735 bits per heavy atom. The Labute approximate surface area is 753 Å². The van der Waals surface area contributed by atoms with Gasteiger partial charge in [0.2, 0.25) is 0 Å². The third kappa shape index (κ3) is 18.8. The maximum Gasteiger partial charge on any atom is 0.256 e. The van der Waals surface area contributed by atoms with Crippen molar-refractivity contribution in [3.63, 3.8) is 0 Å². The molecule has 15 N–H and O–H groups in total. The molecule has 0 radical (unpaired) electrons. The fraction of sp³-hybridized carbons (Fsp3) is 0.143. The molecule has 22 rings (SSSR count). The molecule has 2 aliphatic rings. The number of hydrogen-bond acceptors (Lipinski definition) is 19. The number of anilines is 6. The summed E-state index contributed by atoms with van der Waals surface area (Å²) in [6, 6.07) is 61.8. The van der Waals surface area contributed by atoms with Gasteiger partial charge in [-0.05, 0) is 187 Å². The predicted octanol–water partition coefficient (Wildman–Crippen LogP) is 18.1. The Balaban J connectivity index is 0.000000111. The minimum Gasteiger partial charge on any atom is -0.444 e. The SMILES string of the molecule is CN1CC=C(C(=O)Nc2cn[nH]c2-c2nc3ccccc3[nH]2)CC1.Cc1cc(C)c(C(=O)Nc2cn[nH]c2-c2nc3ccccc3[nH]2)c(C)c1.Cc1cc(N2CCCC2)ccc1C(=O)Nc1cn[nH]c1-c1nc2ccccc2[nH]1.Cc1cccc(C)c1C(=O)Nc1cn[nH]c1-c1nc2ccccc2[nH]1.O=C(Nc1cn[nH]c1-c1nc2ccccc2[nH]1)c1ccc(-c2cnco2)cc1. The number of aromatic amines is 10. The number of amides is 5. The smallest absolute Gasteiger partial charge is 0.256 e. The predicted molar refractivity (Wildman–Crippen MR) is 510 cm³/mol. The highest BCUT2D eigenvalue weighted by Gasteiger charge is 2.26. The summed E-state index contributed by atoms with van der Waals surface area (Å²) in [5.74, 6) is 3.02. The van der Waals surface area contributed by atoms with Gasteiger partial charge in [0.05, 0.1) is 121 Å². The fourth-order valence-corrected chi connectivity index (χ4v) is 16.0. The van der Waals surface area contributed by atoms with Crippen LogP contribution in [0.5, 0.6) is 0 Å². The van der Waals surface area contributed by atoms with Crippen molar-refractivity contribution < 1.29 is 28.4 Å². The van der Waals surface area contributed by atoms with Crippen LogP contribution in [0.2, 0.25) is 0 Å². The van der Waals surface area contributed by atoms with Crippen molar-refractivity contribution in [2.45, 2.75) is 60.8 Å². The van der Waals surface area contributed by atoms with Crippen LogP contribution in [0.3, 0.4) is 0 Å². The number of rotatable bonds is 17. The number of benzene rings is 9. The molecular weight excluding hydrogens is 1670 g/mol. The Kier molecular flexibility index (Phi) is 24.5. The van der Waals surface area contributed by atoms with Crippen molar-refractivity contribution in [2.24, 2.45) is 0 Å². The summed E-state index contributed by atoms with van der Waals surface area (Å²) in [7, 11) is 2.04. The summed E-state index contributed by atoms with van der Waals surface area (Å²) in [5, 5.41) is 49.6. The lowest BCUT2D eigenvalue weighted by molar-refractivity contribution is -0.113. The number of nitrogens with one attached hydrogen (secondary N) is 15. The Morgan fingerprint density at radius 3 is 1.10 bits per heavy atom. The Bertz CT molecular complexity index is 7420. The summed E-state index contributed by atoms with van der Waals surface area (Å²) in [4.78, 5) is 111. The van der Waals surface area contributed by atoms with Crippen LogP contribution in [-0.4, -0.2) is 173 Å². The molecular formula is C98H90N28O6. The van der Waals surface area contributed by atoms with Crippen LogP contribution in [0.4, 0.5) is 34.1 Å². The van der Waals surface area contributed by atoms with Crippen LogP contribution >= 0.6 is 0 Å². The van der Waals surface area contributed by atoms with E-state index in [-0.39, 0.29) is 29.5 Å². The maximum atomic E-state index is 12.9. The number of carbonyl (C=O) groups is 5. The Hall–Kier alpha value is -17.6. The van der Waals surface area contributed by atoms with Crippen molar-refractivity contribution >= 4 is 119 Å². The number of hydrogen-bond donors (Lipinski definition) is 15. The first-order valence-corrected chi connectivity index (χ1v) is 42.7. The molecule has 0 aliphatic carbocycles. The molecule has 34 heteroatoms. The molecule has 5 amide bonds. The van der Waals surface area contributed by atoms with E-state index in [1.54, 1.807) is 49.3 Å². The van der Waals surface area contributed by atoms with Gasteiger partial charge in [-0.1, -0.05) is 115 Å². The van der Waals surface area contributed by atoms with Crippen molar-refractivity contribution in [1.82, 2.24) is 111 Å². The topological polar surface area (TPSA) is 465 Å². The van der Waals surface area contributed by atoms with Crippen molar-refractivity contribution in [3.05, 3.63) is 305 Å². The molecule has 20 aromatic rings. The molecule has 11 aromatic heterocycles. The Morgan fingerprint density at radius 1 is 0.364 bits per heavy atom.